The van der Waals surface area contributed by atoms with Crippen molar-refractivity contribution in [1.29, 1.82) is 0 Å². The number of carbonyl (C=O) groups is 2. The number of amides is 3. The predicted molar refractivity (Wildman–Crippen MR) is 79.3 cm³/mol. The zero-order valence-corrected chi connectivity index (χ0v) is 13.2. The molecule has 2 aliphatic heterocycles. The van der Waals surface area contributed by atoms with Crippen LogP contribution in [0.15, 0.2) is 0 Å². The van der Waals surface area contributed by atoms with Crippen LogP contribution in [0.4, 0.5) is 4.79 Å². The minimum absolute atomic E-state index is 0.104. The summed E-state index contributed by atoms with van der Waals surface area (Å²) in [7, 11) is 0. The summed E-state index contributed by atoms with van der Waals surface area (Å²) in [5, 5.41) is 10.4. The van der Waals surface area contributed by atoms with Gasteiger partial charge in [0.2, 0.25) is 0 Å². The van der Waals surface area contributed by atoms with Crippen molar-refractivity contribution in [1.82, 2.24) is 30.3 Å². The van der Waals surface area contributed by atoms with E-state index in [0.29, 0.717) is 25.2 Å². The smallest absolute Gasteiger partial charge is 0.323 e. The van der Waals surface area contributed by atoms with E-state index in [9.17, 15) is 9.59 Å². The molecule has 8 nitrogen and oxygen atoms in total. The lowest BCUT2D eigenvalue weighted by molar-refractivity contribution is -0.132. The lowest BCUT2D eigenvalue weighted by atomic mass is 9.88. The van der Waals surface area contributed by atoms with Crippen molar-refractivity contribution in [2.45, 2.75) is 45.2 Å². The van der Waals surface area contributed by atoms with E-state index >= 15 is 0 Å². The molecule has 22 heavy (non-hydrogen) atoms. The highest BCUT2D eigenvalue weighted by molar-refractivity contribution is 6.07. The number of carbonyl (C=O) groups excluding carboxylic acids is 2. The van der Waals surface area contributed by atoms with Crippen LogP contribution in [-0.2, 0) is 4.79 Å². The van der Waals surface area contributed by atoms with Crippen LogP contribution in [0.3, 0.4) is 0 Å². The van der Waals surface area contributed by atoms with Gasteiger partial charge in [0.05, 0.1) is 12.6 Å². The summed E-state index contributed by atoms with van der Waals surface area (Å²) in [6, 6.07) is -0.402. The summed E-state index contributed by atoms with van der Waals surface area (Å²) >= 11 is 0. The van der Waals surface area contributed by atoms with Crippen LogP contribution < -0.4 is 10.6 Å². The van der Waals surface area contributed by atoms with E-state index in [2.05, 4.69) is 20.7 Å². The number of rotatable bonds is 3. The molecule has 0 saturated carbocycles. The van der Waals surface area contributed by atoms with Crippen molar-refractivity contribution in [3.05, 3.63) is 11.6 Å². The molecule has 0 bridgehead atoms. The fourth-order valence-corrected chi connectivity index (χ4v) is 3.33. The number of aromatic nitrogens is 3. The van der Waals surface area contributed by atoms with Gasteiger partial charge >= 0.3 is 6.03 Å². The highest BCUT2D eigenvalue weighted by atomic mass is 16.2. The third-order valence-electron chi connectivity index (χ3n) is 4.47. The van der Waals surface area contributed by atoms with Crippen LogP contribution in [-0.4, -0.2) is 56.8 Å². The van der Waals surface area contributed by atoms with Crippen LogP contribution in [0.1, 0.15) is 37.5 Å². The highest BCUT2D eigenvalue weighted by Crippen LogP contribution is 2.28. The monoisotopic (exact) mass is 306 g/mol. The normalized spacial score (nSPS) is 22.2. The number of urea groups is 1. The zero-order valence-electron chi connectivity index (χ0n) is 13.2. The minimum Gasteiger partial charge on any atom is -0.323 e. The van der Waals surface area contributed by atoms with E-state index in [1.807, 2.05) is 20.8 Å². The summed E-state index contributed by atoms with van der Waals surface area (Å²) in [4.78, 5) is 30.6. The van der Waals surface area contributed by atoms with Crippen LogP contribution in [0.2, 0.25) is 0 Å². The molecule has 8 heteroatoms. The molecule has 0 unspecified atom stereocenters. The van der Waals surface area contributed by atoms with Crippen molar-refractivity contribution in [3.8, 4) is 0 Å². The largest absolute Gasteiger partial charge is 0.325 e. The summed E-state index contributed by atoms with van der Waals surface area (Å²) in [5.41, 5.74) is -0.713. The van der Waals surface area contributed by atoms with Crippen LogP contribution in [0.5, 0.6) is 0 Å². The van der Waals surface area contributed by atoms with Gasteiger partial charge in [0, 0.05) is 0 Å². The molecular weight excluding hydrogens is 284 g/mol. The Balaban J connectivity index is 1.76. The lowest BCUT2D eigenvalue weighted by Crippen LogP contribution is -2.54. The molecular formula is C14H22N6O2. The van der Waals surface area contributed by atoms with Gasteiger partial charge in [0.15, 0.2) is 0 Å². The zero-order chi connectivity index (χ0) is 15.9. The van der Waals surface area contributed by atoms with Crippen LogP contribution in [0.25, 0.3) is 0 Å². The Morgan fingerprint density at radius 2 is 1.95 bits per heavy atom. The van der Waals surface area contributed by atoms with Gasteiger partial charge in [0.1, 0.15) is 17.2 Å². The van der Waals surface area contributed by atoms with E-state index in [4.69, 9.17) is 0 Å². The Kier molecular flexibility index (Phi) is 3.64. The third kappa shape index (κ3) is 2.37. The fraction of sp³-hybridized carbons (Fsp3) is 0.714. The Morgan fingerprint density at radius 3 is 2.55 bits per heavy atom. The molecule has 1 aromatic rings. The first-order valence-corrected chi connectivity index (χ1v) is 7.67. The molecule has 3 amide bonds. The topological polar surface area (TPSA) is 92.2 Å². The minimum atomic E-state index is -0.713. The second-order valence-electron chi connectivity index (χ2n) is 6.18. The quantitative estimate of drug-likeness (QED) is 0.775. The van der Waals surface area contributed by atoms with E-state index in [0.717, 1.165) is 18.9 Å². The second-order valence-corrected chi connectivity index (χ2v) is 6.18. The van der Waals surface area contributed by atoms with Crippen molar-refractivity contribution in [2.24, 2.45) is 0 Å². The standard InChI is InChI=1S/C14H22N6O2/c1-9(20-11(3)16-10(2)18-20)8-19-12(21)14(17-13(19)22)4-6-15-7-5-14/h9,15H,4-8H2,1-3H3,(H,17,22)/t9-/m1/s1. The van der Waals surface area contributed by atoms with Gasteiger partial charge < -0.3 is 10.6 Å². The SMILES string of the molecule is Cc1nc(C)n([C@H](C)CN2C(=O)NC3(CCNCC3)C2=O)n1. The maximum Gasteiger partial charge on any atom is 0.325 e. The first kappa shape index (κ1) is 15.0. The van der Waals surface area contributed by atoms with Crippen LogP contribution in [0, 0.1) is 13.8 Å². The predicted octanol–water partition coefficient (Wildman–Crippen LogP) is 0.130. The average Bonchev–Trinajstić information content (AvgIpc) is 2.92. The van der Waals surface area contributed by atoms with Gasteiger partial charge in [0.25, 0.3) is 5.91 Å². The van der Waals surface area contributed by atoms with Crippen molar-refractivity contribution < 1.29 is 9.59 Å². The van der Waals surface area contributed by atoms with Crippen molar-refractivity contribution >= 4 is 11.9 Å². The van der Waals surface area contributed by atoms with E-state index in [-0.39, 0.29) is 18.0 Å². The van der Waals surface area contributed by atoms with Crippen molar-refractivity contribution in [2.75, 3.05) is 19.6 Å². The average molecular weight is 306 g/mol. The van der Waals surface area contributed by atoms with Crippen molar-refractivity contribution in [3.63, 3.8) is 0 Å². The summed E-state index contributed by atoms with van der Waals surface area (Å²) in [6.07, 6.45) is 1.29. The lowest BCUT2D eigenvalue weighted by Gasteiger charge is -2.31. The molecule has 2 fully saturated rings. The molecule has 0 aliphatic carbocycles. The molecule has 0 aromatic carbocycles. The molecule has 1 atom stereocenters. The van der Waals surface area contributed by atoms with E-state index in [1.165, 1.54) is 4.90 Å². The maximum atomic E-state index is 12.7. The van der Waals surface area contributed by atoms with Gasteiger partial charge in [-0.1, -0.05) is 0 Å². The molecule has 2 saturated heterocycles. The van der Waals surface area contributed by atoms with Gasteiger partial charge in [-0.25, -0.2) is 14.5 Å². The van der Waals surface area contributed by atoms with Gasteiger partial charge in [-0.2, -0.15) is 5.10 Å². The van der Waals surface area contributed by atoms with Crippen LogP contribution >= 0.6 is 0 Å². The molecule has 0 radical (unpaired) electrons. The number of nitrogens with one attached hydrogen (secondary N) is 2. The van der Waals surface area contributed by atoms with E-state index in [1.54, 1.807) is 4.68 Å². The Hall–Kier alpha value is -1.96. The Morgan fingerprint density at radius 1 is 1.27 bits per heavy atom. The number of nitrogens with zero attached hydrogens (tertiary/aromatic N) is 4. The number of hydrogen-bond donors (Lipinski definition) is 2. The molecule has 120 valence electrons. The number of aryl methyl sites for hydroxylation is 2. The highest BCUT2D eigenvalue weighted by Gasteiger charge is 2.51. The molecule has 1 aromatic heterocycles. The van der Waals surface area contributed by atoms with Gasteiger partial charge in [-0.05, 0) is 46.7 Å². The van der Waals surface area contributed by atoms with Gasteiger partial charge in [-0.15, -0.1) is 0 Å². The Bertz CT molecular complexity index is 604. The first-order chi connectivity index (χ1) is 10.4. The Labute approximate surface area is 129 Å². The molecule has 3 rings (SSSR count). The molecule has 2 aliphatic rings. The van der Waals surface area contributed by atoms with Gasteiger partial charge in [-0.3, -0.25) is 9.69 Å². The third-order valence-corrected chi connectivity index (χ3v) is 4.47. The molecule has 3 heterocycles. The number of imide groups is 1. The number of hydrogen-bond acceptors (Lipinski definition) is 5. The first-order valence-electron chi connectivity index (χ1n) is 7.67. The summed E-state index contributed by atoms with van der Waals surface area (Å²) in [5.74, 6) is 1.37. The molecule has 2 N–H and O–H groups in total. The van der Waals surface area contributed by atoms with E-state index < -0.39 is 5.54 Å². The maximum absolute atomic E-state index is 12.7. The number of piperidine rings is 1. The summed E-state index contributed by atoms with van der Waals surface area (Å²) in [6.45, 7) is 7.44. The second kappa shape index (κ2) is 5.35. The fourth-order valence-electron chi connectivity index (χ4n) is 3.33. The molecule has 1 spiro atoms. The summed E-state index contributed by atoms with van der Waals surface area (Å²) < 4.78 is 1.77.